The number of benzene rings is 1. The van der Waals surface area contributed by atoms with Crippen molar-refractivity contribution in [2.45, 2.75) is 56.9 Å². The molecule has 1 saturated carbocycles. The van der Waals surface area contributed by atoms with E-state index in [1.165, 1.54) is 32.1 Å². The summed E-state index contributed by atoms with van der Waals surface area (Å²) in [6.07, 6.45) is 6.61. The summed E-state index contributed by atoms with van der Waals surface area (Å²) in [5, 5.41) is 3.51. The number of sulfonamides is 1. The van der Waals surface area contributed by atoms with E-state index in [2.05, 4.69) is 17.0 Å². The van der Waals surface area contributed by atoms with Crippen molar-refractivity contribution in [1.29, 1.82) is 0 Å². The van der Waals surface area contributed by atoms with Gasteiger partial charge in [-0.1, -0.05) is 26.2 Å². The van der Waals surface area contributed by atoms with Crippen LogP contribution in [0, 0.1) is 5.92 Å². The molecule has 0 saturated heterocycles. The molecule has 0 radical (unpaired) electrons. The summed E-state index contributed by atoms with van der Waals surface area (Å²) >= 11 is 0. The van der Waals surface area contributed by atoms with Gasteiger partial charge >= 0.3 is 0 Å². The van der Waals surface area contributed by atoms with Crippen LogP contribution < -0.4 is 10.0 Å². The van der Waals surface area contributed by atoms with Crippen molar-refractivity contribution < 1.29 is 8.42 Å². The molecule has 1 unspecified atom stereocenters. The molecule has 1 aromatic carbocycles. The van der Waals surface area contributed by atoms with Crippen LogP contribution in [0.5, 0.6) is 0 Å². The highest BCUT2D eigenvalue weighted by atomic mass is 32.2. The third-order valence-electron chi connectivity index (χ3n) is 4.25. The van der Waals surface area contributed by atoms with Crippen molar-refractivity contribution in [3.05, 3.63) is 24.3 Å². The van der Waals surface area contributed by atoms with Gasteiger partial charge in [-0.15, -0.1) is 0 Å². The highest BCUT2D eigenvalue weighted by Crippen LogP contribution is 2.28. The Morgan fingerprint density at radius 1 is 1.14 bits per heavy atom. The number of rotatable bonds is 6. The van der Waals surface area contributed by atoms with Gasteiger partial charge in [0.15, 0.2) is 0 Å². The number of hydrogen-bond donors (Lipinski definition) is 2. The average Bonchev–Trinajstić information content (AvgIpc) is 2.48. The minimum Gasteiger partial charge on any atom is -0.382 e. The molecule has 0 spiro atoms. The fourth-order valence-electron chi connectivity index (χ4n) is 3.02. The molecule has 0 heterocycles. The van der Waals surface area contributed by atoms with E-state index in [0.717, 1.165) is 11.6 Å². The van der Waals surface area contributed by atoms with E-state index >= 15 is 0 Å². The van der Waals surface area contributed by atoms with Crippen molar-refractivity contribution >= 4 is 15.7 Å². The molecule has 118 valence electrons. The molecule has 1 fully saturated rings. The summed E-state index contributed by atoms with van der Waals surface area (Å²) in [6.45, 7) is 4.40. The maximum absolute atomic E-state index is 11.9. The maximum Gasteiger partial charge on any atom is 0.240 e. The summed E-state index contributed by atoms with van der Waals surface area (Å²) in [4.78, 5) is 0.320. The van der Waals surface area contributed by atoms with E-state index in [9.17, 15) is 8.42 Å². The van der Waals surface area contributed by atoms with Crippen LogP contribution >= 0.6 is 0 Å². The number of hydrogen-bond acceptors (Lipinski definition) is 3. The molecule has 1 atom stereocenters. The van der Waals surface area contributed by atoms with Crippen LogP contribution in [0.25, 0.3) is 0 Å². The third kappa shape index (κ3) is 4.45. The summed E-state index contributed by atoms with van der Waals surface area (Å²) < 4.78 is 26.3. The van der Waals surface area contributed by atoms with Crippen LogP contribution in [-0.2, 0) is 10.0 Å². The SMILES string of the molecule is CCNS(=O)(=O)c1ccc(NC(C)C2CCCCC2)cc1. The summed E-state index contributed by atoms with van der Waals surface area (Å²) in [6, 6.07) is 7.45. The largest absolute Gasteiger partial charge is 0.382 e. The quantitative estimate of drug-likeness (QED) is 0.847. The van der Waals surface area contributed by atoms with Gasteiger partial charge in [0.1, 0.15) is 0 Å². The monoisotopic (exact) mass is 310 g/mol. The molecule has 21 heavy (non-hydrogen) atoms. The zero-order valence-electron chi connectivity index (χ0n) is 12.9. The van der Waals surface area contributed by atoms with E-state index in [1.807, 2.05) is 12.1 Å². The van der Waals surface area contributed by atoms with Crippen molar-refractivity contribution in [1.82, 2.24) is 4.72 Å². The second-order valence-corrected chi connectivity index (χ2v) is 7.62. The van der Waals surface area contributed by atoms with Crippen LogP contribution in [0.3, 0.4) is 0 Å². The molecule has 4 nitrogen and oxygen atoms in total. The van der Waals surface area contributed by atoms with E-state index in [0.29, 0.717) is 17.5 Å². The van der Waals surface area contributed by atoms with Gasteiger partial charge in [-0.25, -0.2) is 13.1 Å². The Hall–Kier alpha value is -1.07. The normalized spacial score (nSPS) is 18.4. The lowest BCUT2D eigenvalue weighted by Crippen LogP contribution is -2.27. The van der Waals surface area contributed by atoms with Gasteiger partial charge in [0.25, 0.3) is 0 Å². The first kappa shape index (κ1) is 16.3. The van der Waals surface area contributed by atoms with Gasteiger partial charge in [0.05, 0.1) is 4.90 Å². The third-order valence-corrected chi connectivity index (χ3v) is 5.81. The molecule has 2 rings (SSSR count). The van der Waals surface area contributed by atoms with E-state index in [4.69, 9.17) is 0 Å². The van der Waals surface area contributed by atoms with Crippen LogP contribution in [0.4, 0.5) is 5.69 Å². The fraction of sp³-hybridized carbons (Fsp3) is 0.625. The van der Waals surface area contributed by atoms with Gasteiger partial charge in [0.2, 0.25) is 10.0 Å². The Morgan fingerprint density at radius 3 is 2.33 bits per heavy atom. The van der Waals surface area contributed by atoms with Crippen molar-refractivity contribution in [2.75, 3.05) is 11.9 Å². The Morgan fingerprint density at radius 2 is 1.76 bits per heavy atom. The summed E-state index contributed by atoms with van der Waals surface area (Å²) in [7, 11) is -3.35. The Bertz CT molecular complexity index is 534. The Balaban J connectivity index is 1.99. The first-order valence-electron chi connectivity index (χ1n) is 7.89. The standard InChI is InChI=1S/C16H26N2O2S/c1-3-17-21(19,20)16-11-9-15(10-12-16)18-13(2)14-7-5-4-6-8-14/h9-14,17-18H,3-8H2,1-2H3. The molecular formula is C16H26N2O2S. The predicted molar refractivity (Wildman–Crippen MR) is 87.0 cm³/mol. The highest BCUT2D eigenvalue weighted by molar-refractivity contribution is 7.89. The van der Waals surface area contributed by atoms with E-state index in [1.54, 1.807) is 19.1 Å². The highest BCUT2D eigenvalue weighted by Gasteiger charge is 2.20. The van der Waals surface area contributed by atoms with E-state index < -0.39 is 10.0 Å². The number of anilines is 1. The Labute approximate surface area is 128 Å². The molecule has 1 aliphatic rings. The number of nitrogens with one attached hydrogen (secondary N) is 2. The smallest absolute Gasteiger partial charge is 0.240 e. The molecule has 0 bridgehead atoms. The molecule has 0 amide bonds. The fourth-order valence-corrected chi connectivity index (χ4v) is 4.06. The zero-order chi connectivity index (χ0) is 15.3. The lowest BCUT2D eigenvalue weighted by Gasteiger charge is -2.29. The molecule has 5 heteroatoms. The van der Waals surface area contributed by atoms with Crippen LogP contribution in [0.2, 0.25) is 0 Å². The van der Waals surface area contributed by atoms with Crippen LogP contribution in [0.1, 0.15) is 46.0 Å². The van der Waals surface area contributed by atoms with Gasteiger partial charge in [-0.3, -0.25) is 0 Å². The minimum absolute atomic E-state index is 0.320. The first-order chi connectivity index (χ1) is 10.0. The summed E-state index contributed by atoms with van der Waals surface area (Å²) in [5.41, 5.74) is 0.989. The minimum atomic E-state index is -3.35. The van der Waals surface area contributed by atoms with Gasteiger partial charge in [0, 0.05) is 18.3 Å². The molecular weight excluding hydrogens is 284 g/mol. The van der Waals surface area contributed by atoms with Crippen molar-refractivity contribution in [3.63, 3.8) is 0 Å². The molecule has 2 N–H and O–H groups in total. The molecule has 1 aliphatic carbocycles. The van der Waals surface area contributed by atoms with Crippen LogP contribution in [0.15, 0.2) is 29.2 Å². The molecule has 0 aliphatic heterocycles. The van der Waals surface area contributed by atoms with E-state index in [-0.39, 0.29) is 0 Å². The van der Waals surface area contributed by atoms with Crippen LogP contribution in [-0.4, -0.2) is 21.0 Å². The second kappa shape index (κ2) is 7.27. The van der Waals surface area contributed by atoms with Crippen molar-refractivity contribution in [2.24, 2.45) is 5.92 Å². The first-order valence-corrected chi connectivity index (χ1v) is 9.37. The predicted octanol–water partition coefficient (Wildman–Crippen LogP) is 3.37. The topological polar surface area (TPSA) is 58.2 Å². The Kier molecular flexibility index (Phi) is 5.65. The average molecular weight is 310 g/mol. The van der Waals surface area contributed by atoms with Gasteiger partial charge in [-0.05, 0) is 49.9 Å². The second-order valence-electron chi connectivity index (χ2n) is 5.86. The maximum atomic E-state index is 11.9. The molecule has 0 aromatic heterocycles. The zero-order valence-corrected chi connectivity index (χ0v) is 13.7. The van der Waals surface area contributed by atoms with Gasteiger partial charge < -0.3 is 5.32 Å². The lowest BCUT2D eigenvalue weighted by atomic mass is 9.84. The lowest BCUT2D eigenvalue weighted by molar-refractivity contribution is 0.328. The van der Waals surface area contributed by atoms with Gasteiger partial charge in [-0.2, -0.15) is 0 Å². The van der Waals surface area contributed by atoms with Crippen molar-refractivity contribution in [3.8, 4) is 0 Å². The molecule has 1 aromatic rings. The summed E-state index contributed by atoms with van der Waals surface area (Å²) in [5.74, 6) is 0.726.